The highest BCUT2D eigenvalue weighted by molar-refractivity contribution is 7.33. The second-order valence-corrected chi connectivity index (χ2v) is 11.9. The van der Waals surface area contributed by atoms with Gasteiger partial charge in [0, 0.05) is 4.57 Å². The molecule has 34 heavy (non-hydrogen) atoms. The Morgan fingerprint density at radius 1 is 0.588 bits per heavy atom. The molecule has 0 saturated carbocycles. The molecule has 1 atom stereocenters. The highest BCUT2D eigenvalue weighted by atomic mass is 31.1. The van der Waals surface area contributed by atoms with Crippen LogP contribution in [-0.2, 0) is 18.7 Å². The van der Waals surface area contributed by atoms with Gasteiger partial charge in [0.2, 0.25) is 0 Å². The molecule has 0 radical (unpaired) electrons. The van der Waals surface area contributed by atoms with Crippen molar-refractivity contribution in [1.29, 1.82) is 0 Å². The lowest BCUT2D eigenvalue weighted by molar-refractivity contribution is -0.213. The zero-order valence-corrected chi connectivity index (χ0v) is 24.0. The van der Waals surface area contributed by atoms with E-state index in [4.69, 9.17) is 14.1 Å². The van der Waals surface area contributed by atoms with Crippen LogP contribution in [0, 0.1) is 5.41 Å². The van der Waals surface area contributed by atoms with Gasteiger partial charge in [-0.2, -0.15) is 4.89 Å². The molecule has 0 aromatic rings. The summed E-state index contributed by atoms with van der Waals surface area (Å²) >= 11 is 0. The predicted octanol–water partition coefficient (Wildman–Crippen LogP) is 4.93. The van der Waals surface area contributed by atoms with Crippen molar-refractivity contribution in [2.75, 3.05) is 59.0 Å². The van der Waals surface area contributed by atoms with Crippen molar-refractivity contribution in [3.63, 3.8) is 0 Å². The fourth-order valence-electron chi connectivity index (χ4n) is 3.15. The number of hydrogen-bond donors (Lipinski definition) is 4. The van der Waals surface area contributed by atoms with E-state index in [0.717, 1.165) is 71.6 Å². The van der Waals surface area contributed by atoms with Gasteiger partial charge in [0.1, 0.15) is 5.60 Å². The van der Waals surface area contributed by atoms with Crippen molar-refractivity contribution in [3.05, 3.63) is 0 Å². The summed E-state index contributed by atoms with van der Waals surface area (Å²) in [6, 6.07) is 0. The van der Waals surface area contributed by atoms with Crippen LogP contribution in [0.15, 0.2) is 0 Å². The van der Waals surface area contributed by atoms with Crippen molar-refractivity contribution in [1.82, 2.24) is 21.3 Å². The number of hydrogen-bond acceptors (Lipinski definition) is 8. The standard InChI is InChI=1S/C25H56N4O4P/c1-24(2,3)14-11-18-29-22-13-20-27-16-8-7-15-26-19-12-21-28-17-9-10-23-31-33-34(30)32-25(4,5)6/h26-29H,7-23H2,1-6H3/q+1. The second kappa shape index (κ2) is 22.1. The van der Waals surface area contributed by atoms with Crippen LogP contribution in [0.5, 0.6) is 0 Å². The van der Waals surface area contributed by atoms with Gasteiger partial charge >= 0.3 is 8.25 Å². The fraction of sp³-hybridized carbons (Fsp3) is 1.00. The smallest absolute Gasteiger partial charge is 0.317 e. The Hall–Kier alpha value is -0.180. The topological polar surface area (TPSA) is 92.9 Å². The maximum absolute atomic E-state index is 11.4. The Balaban J connectivity index is 3.13. The lowest BCUT2D eigenvalue weighted by Crippen LogP contribution is -2.25. The van der Waals surface area contributed by atoms with E-state index in [2.05, 4.69) is 42.0 Å². The van der Waals surface area contributed by atoms with Gasteiger partial charge in [-0.15, -0.1) is 4.52 Å². The summed E-state index contributed by atoms with van der Waals surface area (Å²) in [6.45, 7) is 21.4. The summed E-state index contributed by atoms with van der Waals surface area (Å²) in [5, 5.41) is 14.0. The van der Waals surface area contributed by atoms with Crippen molar-refractivity contribution in [2.45, 2.75) is 98.5 Å². The summed E-state index contributed by atoms with van der Waals surface area (Å²) in [7, 11) is -2.22. The molecule has 0 aliphatic heterocycles. The molecular formula is C25H56N4O4P+. The Bertz CT molecular complexity index is 471. The Kier molecular flexibility index (Phi) is 21.9. The largest absolute Gasteiger partial charge is 0.729 e. The summed E-state index contributed by atoms with van der Waals surface area (Å²) in [4.78, 5) is 4.93. The Morgan fingerprint density at radius 2 is 1.00 bits per heavy atom. The van der Waals surface area contributed by atoms with E-state index in [9.17, 15) is 4.57 Å². The van der Waals surface area contributed by atoms with E-state index in [-0.39, 0.29) is 0 Å². The van der Waals surface area contributed by atoms with Gasteiger partial charge < -0.3 is 21.3 Å². The van der Waals surface area contributed by atoms with Gasteiger partial charge in [-0.1, -0.05) is 20.8 Å². The Labute approximate surface area is 211 Å². The molecule has 0 spiro atoms. The molecule has 204 valence electrons. The van der Waals surface area contributed by atoms with Crippen LogP contribution in [0.2, 0.25) is 0 Å². The fourth-order valence-corrected chi connectivity index (χ4v) is 3.79. The van der Waals surface area contributed by atoms with Crippen molar-refractivity contribution < 1.29 is 18.7 Å². The first kappa shape index (κ1) is 33.8. The van der Waals surface area contributed by atoms with Crippen LogP contribution < -0.4 is 21.3 Å². The average Bonchev–Trinajstić information content (AvgIpc) is 2.72. The third-order valence-electron chi connectivity index (χ3n) is 4.94. The maximum Gasteiger partial charge on any atom is 0.729 e. The van der Waals surface area contributed by atoms with Gasteiger partial charge in [0.25, 0.3) is 0 Å². The summed E-state index contributed by atoms with van der Waals surface area (Å²) in [5.41, 5.74) is -0.0497. The first-order valence-corrected chi connectivity index (χ1v) is 14.5. The highest BCUT2D eigenvalue weighted by Crippen LogP contribution is 2.30. The summed E-state index contributed by atoms with van der Waals surface area (Å²) in [6.07, 6.45) is 9.19. The summed E-state index contributed by atoms with van der Waals surface area (Å²) in [5.74, 6) is 0. The minimum absolute atomic E-state index is 0.418. The van der Waals surface area contributed by atoms with Crippen molar-refractivity contribution in [3.8, 4) is 0 Å². The molecule has 4 N–H and O–H groups in total. The number of rotatable bonds is 24. The van der Waals surface area contributed by atoms with E-state index in [1.165, 1.54) is 32.1 Å². The van der Waals surface area contributed by atoms with Crippen LogP contribution in [0.4, 0.5) is 0 Å². The van der Waals surface area contributed by atoms with Crippen molar-refractivity contribution >= 4 is 8.25 Å². The predicted molar refractivity (Wildman–Crippen MR) is 143 cm³/mol. The third-order valence-corrected chi connectivity index (χ3v) is 5.87. The normalized spacial score (nSPS) is 12.9. The first-order valence-electron chi connectivity index (χ1n) is 13.4. The van der Waals surface area contributed by atoms with E-state index in [1.807, 2.05) is 20.8 Å². The van der Waals surface area contributed by atoms with Crippen LogP contribution in [-0.4, -0.2) is 64.6 Å². The molecule has 0 aliphatic rings. The molecule has 0 rings (SSSR count). The van der Waals surface area contributed by atoms with Crippen LogP contribution in [0.3, 0.4) is 0 Å². The van der Waals surface area contributed by atoms with Gasteiger partial charge in [-0.05, 0) is 130 Å². The van der Waals surface area contributed by atoms with E-state index >= 15 is 0 Å². The molecular weight excluding hydrogens is 451 g/mol. The van der Waals surface area contributed by atoms with Crippen molar-refractivity contribution in [2.24, 2.45) is 5.41 Å². The minimum atomic E-state index is -2.22. The molecule has 8 nitrogen and oxygen atoms in total. The molecule has 0 bridgehead atoms. The maximum atomic E-state index is 11.4. The van der Waals surface area contributed by atoms with Crippen LogP contribution >= 0.6 is 8.25 Å². The van der Waals surface area contributed by atoms with Gasteiger partial charge in [-0.25, -0.2) is 0 Å². The zero-order valence-electron chi connectivity index (χ0n) is 23.1. The minimum Gasteiger partial charge on any atom is -0.317 e. The van der Waals surface area contributed by atoms with Gasteiger partial charge in [-0.3, -0.25) is 0 Å². The highest BCUT2D eigenvalue weighted by Gasteiger charge is 2.31. The molecule has 0 heterocycles. The average molecular weight is 508 g/mol. The SMILES string of the molecule is CC(C)(C)CCCNCCCNCCCCNCCCNCCCCOO[P+](=O)OC(C)(C)C. The van der Waals surface area contributed by atoms with E-state index in [1.54, 1.807) is 0 Å². The van der Waals surface area contributed by atoms with Crippen LogP contribution in [0.25, 0.3) is 0 Å². The molecule has 0 fully saturated rings. The molecule has 1 unspecified atom stereocenters. The van der Waals surface area contributed by atoms with E-state index < -0.39 is 13.9 Å². The Morgan fingerprint density at radius 3 is 1.44 bits per heavy atom. The van der Waals surface area contributed by atoms with Gasteiger partial charge in [0.05, 0.1) is 11.3 Å². The lowest BCUT2D eigenvalue weighted by atomic mass is 9.91. The zero-order chi connectivity index (χ0) is 25.5. The van der Waals surface area contributed by atoms with E-state index in [0.29, 0.717) is 12.0 Å². The molecule has 0 aromatic carbocycles. The second-order valence-electron chi connectivity index (χ2n) is 11.1. The molecule has 0 aliphatic carbocycles. The molecule has 0 amide bonds. The number of unbranched alkanes of at least 4 members (excludes halogenated alkanes) is 2. The van der Waals surface area contributed by atoms with Crippen LogP contribution in [0.1, 0.15) is 92.9 Å². The van der Waals surface area contributed by atoms with Gasteiger partial charge in [0.15, 0.2) is 0 Å². The molecule has 9 heteroatoms. The molecule has 0 aromatic heterocycles. The monoisotopic (exact) mass is 507 g/mol. The quantitative estimate of drug-likeness (QED) is 0.0632. The first-order chi connectivity index (χ1) is 16.1. The number of nitrogens with one attached hydrogen (secondary N) is 4. The summed E-state index contributed by atoms with van der Waals surface area (Å²) < 4.78 is 21.3. The lowest BCUT2D eigenvalue weighted by Gasteiger charge is -2.17. The molecule has 0 saturated heterocycles. The third kappa shape index (κ3) is 29.9.